The van der Waals surface area contributed by atoms with Gasteiger partial charge in [0.25, 0.3) is 0 Å². The molecule has 0 radical (unpaired) electrons. The summed E-state index contributed by atoms with van der Waals surface area (Å²) in [5.41, 5.74) is 0. The standard InChI is InChI=1S/C27H59NO3SSi2/c1-14-15-16-17-18-24(31-34(12,13)27(6,7)8)22(2)25(29)28-23(19-20-32-9)21-30-33(10,11)26(3,4)5/h22-24H,14-21H2,1-13H3,(H,28,29)/t22-,23+,24-/m1/s1. The van der Waals surface area contributed by atoms with Gasteiger partial charge in [0.2, 0.25) is 5.91 Å². The van der Waals surface area contributed by atoms with Crippen LogP contribution in [0, 0.1) is 5.92 Å². The predicted octanol–water partition coefficient (Wildman–Crippen LogP) is 8.24. The molecule has 0 bridgehead atoms. The van der Waals surface area contributed by atoms with Crippen molar-refractivity contribution in [2.75, 3.05) is 18.6 Å². The molecule has 0 saturated heterocycles. The lowest BCUT2D eigenvalue weighted by atomic mass is 9.97. The van der Waals surface area contributed by atoms with Crippen LogP contribution in [0.15, 0.2) is 0 Å². The highest BCUT2D eigenvalue weighted by Crippen LogP contribution is 2.39. The van der Waals surface area contributed by atoms with E-state index in [1.54, 1.807) is 0 Å². The molecule has 1 amide bonds. The lowest BCUT2D eigenvalue weighted by Gasteiger charge is -2.41. The number of amides is 1. The van der Waals surface area contributed by atoms with Gasteiger partial charge in [0.1, 0.15) is 0 Å². The Balaban J connectivity index is 5.44. The molecule has 204 valence electrons. The zero-order valence-electron chi connectivity index (χ0n) is 25.0. The van der Waals surface area contributed by atoms with Crippen LogP contribution in [-0.2, 0) is 13.6 Å². The van der Waals surface area contributed by atoms with Crippen LogP contribution in [0.2, 0.25) is 36.3 Å². The molecule has 0 aromatic carbocycles. The second-order valence-corrected chi connectivity index (χ2v) is 23.7. The minimum atomic E-state index is -1.97. The minimum Gasteiger partial charge on any atom is -0.415 e. The number of carbonyl (C=O) groups excluding carboxylic acids is 1. The van der Waals surface area contributed by atoms with Crippen LogP contribution in [0.5, 0.6) is 0 Å². The van der Waals surface area contributed by atoms with Crippen molar-refractivity contribution in [2.45, 2.75) is 142 Å². The fourth-order valence-electron chi connectivity index (χ4n) is 3.22. The van der Waals surface area contributed by atoms with Gasteiger partial charge in [-0.1, -0.05) is 81.1 Å². The van der Waals surface area contributed by atoms with Crippen molar-refractivity contribution >= 4 is 34.3 Å². The molecular formula is C27H59NO3SSi2. The fraction of sp³-hybridized carbons (Fsp3) is 0.963. The van der Waals surface area contributed by atoms with Crippen molar-refractivity contribution in [1.82, 2.24) is 5.32 Å². The molecule has 0 aromatic heterocycles. The SMILES string of the molecule is CCCCCC[C@@H](O[Si](C)(C)C(C)(C)C)[C@@H](C)C(=O)N[C@@H](CCSC)CO[Si](C)(C)C(C)(C)C. The summed E-state index contributed by atoms with van der Waals surface area (Å²) in [7, 11) is -3.83. The Kier molecular flexibility index (Phi) is 14.9. The minimum absolute atomic E-state index is 0.0275. The van der Waals surface area contributed by atoms with E-state index >= 15 is 0 Å². The maximum atomic E-state index is 13.5. The zero-order chi connectivity index (χ0) is 26.8. The van der Waals surface area contributed by atoms with Gasteiger partial charge in [-0.05, 0) is 61.1 Å². The first-order valence-electron chi connectivity index (χ1n) is 13.5. The van der Waals surface area contributed by atoms with E-state index in [1.165, 1.54) is 19.3 Å². The van der Waals surface area contributed by atoms with Crippen LogP contribution < -0.4 is 5.32 Å². The molecule has 0 heterocycles. The first kappa shape index (κ1) is 34.2. The average Bonchev–Trinajstić information content (AvgIpc) is 2.69. The molecule has 4 nitrogen and oxygen atoms in total. The summed E-state index contributed by atoms with van der Waals surface area (Å²) in [6.45, 7) is 27.7. The molecule has 1 N–H and O–H groups in total. The first-order valence-corrected chi connectivity index (χ1v) is 20.7. The summed E-state index contributed by atoms with van der Waals surface area (Å²) in [5, 5.41) is 3.65. The molecule has 0 aliphatic heterocycles. The van der Waals surface area contributed by atoms with Crippen molar-refractivity contribution in [2.24, 2.45) is 5.92 Å². The van der Waals surface area contributed by atoms with E-state index in [2.05, 4.69) is 93.2 Å². The summed E-state index contributed by atoms with van der Waals surface area (Å²) in [6, 6.07) is 0.0464. The third kappa shape index (κ3) is 11.9. The topological polar surface area (TPSA) is 47.6 Å². The van der Waals surface area contributed by atoms with Gasteiger partial charge in [0.05, 0.1) is 24.7 Å². The van der Waals surface area contributed by atoms with Crippen molar-refractivity contribution < 1.29 is 13.6 Å². The smallest absolute Gasteiger partial charge is 0.225 e. The molecule has 0 spiro atoms. The second-order valence-electron chi connectivity index (χ2n) is 13.1. The second kappa shape index (κ2) is 14.8. The van der Waals surface area contributed by atoms with E-state index in [9.17, 15) is 4.79 Å². The monoisotopic (exact) mass is 533 g/mol. The molecule has 0 aliphatic carbocycles. The van der Waals surface area contributed by atoms with Gasteiger partial charge in [-0.3, -0.25) is 4.79 Å². The van der Waals surface area contributed by atoms with E-state index in [1.807, 2.05) is 11.8 Å². The van der Waals surface area contributed by atoms with E-state index in [0.717, 1.165) is 25.0 Å². The highest BCUT2D eigenvalue weighted by atomic mass is 32.2. The summed E-state index contributed by atoms with van der Waals surface area (Å²) >= 11 is 1.82. The molecular weight excluding hydrogens is 475 g/mol. The van der Waals surface area contributed by atoms with Gasteiger partial charge in [0, 0.05) is 0 Å². The lowest BCUT2D eigenvalue weighted by Crippen LogP contribution is -2.51. The van der Waals surface area contributed by atoms with Crippen molar-refractivity contribution in [3.63, 3.8) is 0 Å². The number of unbranched alkanes of at least 4 members (excludes halogenated alkanes) is 3. The molecule has 0 fully saturated rings. The summed E-state index contributed by atoms with van der Waals surface area (Å²) in [5.74, 6) is 0.964. The first-order chi connectivity index (χ1) is 15.4. The Morgan fingerprint density at radius 3 is 1.94 bits per heavy atom. The van der Waals surface area contributed by atoms with Gasteiger partial charge in [-0.2, -0.15) is 11.8 Å². The molecule has 7 heteroatoms. The zero-order valence-corrected chi connectivity index (χ0v) is 27.8. The maximum absolute atomic E-state index is 13.5. The van der Waals surface area contributed by atoms with Gasteiger partial charge in [-0.15, -0.1) is 0 Å². The predicted molar refractivity (Wildman–Crippen MR) is 158 cm³/mol. The number of thioether (sulfide) groups is 1. The van der Waals surface area contributed by atoms with Crippen molar-refractivity contribution in [3.05, 3.63) is 0 Å². The van der Waals surface area contributed by atoms with Gasteiger partial charge < -0.3 is 14.2 Å². The summed E-state index contributed by atoms with van der Waals surface area (Å²) in [6.07, 6.45) is 8.77. The van der Waals surface area contributed by atoms with Gasteiger partial charge >= 0.3 is 0 Å². The molecule has 0 aromatic rings. The number of hydrogen-bond donors (Lipinski definition) is 1. The number of nitrogens with one attached hydrogen (secondary N) is 1. The van der Waals surface area contributed by atoms with E-state index < -0.39 is 16.6 Å². The fourth-order valence-corrected chi connectivity index (χ4v) is 6.23. The Bertz CT molecular complexity index is 585. The third-order valence-corrected chi connectivity index (χ3v) is 17.7. The van der Waals surface area contributed by atoms with Gasteiger partial charge in [-0.25, -0.2) is 0 Å². The van der Waals surface area contributed by atoms with Crippen LogP contribution >= 0.6 is 11.8 Å². The molecule has 0 rings (SSSR count). The molecule has 0 saturated carbocycles. The van der Waals surface area contributed by atoms with Crippen LogP contribution in [0.25, 0.3) is 0 Å². The molecule has 3 atom stereocenters. The lowest BCUT2D eigenvalue weighted by molar-refractivity contribution is -0.128. The molecule has 34 heavy (non-hydrogen) atoms. The Morgan fingerprint density at radius 2 is 1.47 bits per heavy atom. The third-order valence-electron chi connectivity index (χ3n) is 8.03. The van der Waals surface area contributed by atoms with E-state index in [0.29, 0.717) is 6.61 Å². The van der Waals surface area contributed by atoms with Gasteiger partial charge in [0.15, 0.2) is 16.6 Å². The number of carbonyl (C=O) groups is 1. The Labute approximate surface area is 219 Å². The van der Waals surface area contributed by atoms with Crippen LogP contribution in [0.1, 0.15) is 93.9 Å². The quantitative estimate of drug-likeness (QED) is 0.160. The highest BCUT2D eigenvalue weighted by Gasteiger charge is 2.41. The maximum Gasteiger partial charge on any atom is 0.225 e. The summed E-state index contributed by atoms with van der Waals surface area (Å²) in [4.78, 5) is 13.5. The average molecular weight is 534 g/mol. The number of hydrogen-bond acceptors (Lipinski definition) is 4. The van der Waals surface area contributed by atoms with Crippen molar-refractivity contribution in [3.8, 4) is 0 Å². The normalized spacial score (nSPS) is 16.3. The summed E-state index contributed by atoms with van der Waals surface area (Å²) < 4.78 is 13.3. The molecule has 0 unspecified atom stereocenters. The largest absolute Gasteiger partial charge is 0.415 e. The van der Waals surface area contributed by atoms with Crippen LogP contribution in [-0.4, -0.2) is 53.3 Å². The number of rotatable bonds is 16. The van der Waals surface area contributed by atoms with E-state index in [-0.39, 0.29) is 34.0 Å². The van der Waals surface area contributed by atoms with E-state index in [4.69, 9.17) is 8.85 Å². The van der Waals surface area contributed by atoms with Crippen LogP contribution in [0.3, 0.4) is 0 Å². The Hall–Kier alpha value is 0.174. The molecule has 0 aliphatic rings. The van der Waals surface area contributed by atoms with Crippen molar-refractivity contribution in [1.29, 1.82) is 0 Å². The van der Waals surface area contributed by atoms with Crippen LogP contribution in [0.4, 0.5) is 0 Å². The Morgan fingerprint density at radius 1 is 0.912 bits per heavy atom. The highest BCUT2D eigenvalue weighted by molar-refractivity contribution is 7.98.